The average Bonchev–Trinajstić information content (AvgIpc) is 3.43. The van der Waals surface area contributed by atoms with Crippen molar-refractivity contribution >= 4 is 28.3 Å². The largest absolute Gasteiger partial charge is 0.387 e. The molecule has 1 aromatic carbocycles. The third-order valence-corrected chi connectivity index (χ3v) is 4.65. The van der Waals surface area contributed by atoms with E-state index in [1.807, 2.05) is 6.92 Å². The number of Topliss-reactive ketones (excluding diaryl/α,β-unsaturated/α-hetero) is 1. The summed E-state index contributed by atoms with van der Waals surface area (Å²) in [5.41, 5.74) is 2.04. The SMILES string of the molecule is CCCC(=O)CCc1cc2c(NC)c(C(=O)NC3CC3)cnc2cc1F. The fraction of sp³-hybridized carbons (Fsp3) is 0.450. The first-order valence-electron chi connectivity index (χ1n) is 9.15. The molecule has 1 heterocycles. The van der Waals surface area contributed by atoms with Gasteiger partial charge in [-0.15, -0.1) is 0 Å². The summed E-state index contributed by atoms with van der Waals surface area (Å²) in [4.78, 5) is 28.5. The van der Waals surface area contributed by atoms with Crippen molar-refractivity contribution in [1.29, 1.82) is 0 Å². The molecule has 6 heteroatoms. The maximum atomic E-state index is 14.4. The quantitative estimate of drug-likeness (QED) is 0.757. The van der Waals surface area contributed by atoms with Gasteiger partial charge in [0.25, 0.3) is 5.91 Å². The molecule has 0 saturated heterocycles. The van der Waals surface area contributed by atoms with Crippen LogP contribution in [0.4, 0.5) is 10.1 Å². The summed E-state index contributed by atoms with van der Waals surface area (Å²) in [6.45, 7) is 1.95. The Balaban J connectivity index is 1.93. The number of nitrogens with zero attached hydrogens (tertiary/aromatic N) is 1. The first-order valence-corrected chi connectivity index (χ1v) is 9.15. The van der Waals surface area contributed by atoms with Crippen molar-refractivity contribution in [3.8, 4) is 0 Å². The summed E-state index contributed by atoms with van der Waals surface area (Å²) in [6, 6.07) is 3.32. The molecule has 0 bridgehead atoms. The number of anilines is 1. The second-order valence-corrected chi connectivity index (χ2v) is 6.79. The lowest BCUT2D eigenvalue weighted by Crippen LogP contribution is -2.26. The van der Waals surface area contributed by atoms with Gasteiger partial charge >= 0.3 is 0 Å². The summed E-state index contributed by atoms with van der Waals surface area (Å²) in [5, 5.41) is 6.70. The second-order valence-electron chi connectivity index (χ2n) is 6.79. The lowest BCUT2D eigenvalue weighted by atomic mass is 10.0. The number of rotatable bonds is 8. The smallest absolute Gasteiger partial charge is 0.255 e. The molecular formula is C20H24FN3O2. The first-order chi connectivity index (χ1) is 12.5. The fourth-order valence-corrected chi connectivity index (χ4v) is 3.06. The molecule has 3 rings (SSSR count). The molecule has 5 nitrogen and oxygen atoms in total. The lowest BCUT2D eigenvalue weighted by Gasteiger charge is -2.13. The molecule has 1 amide bonds. The number of nitrogens with one attached hydrogen (secondary N) is 2. The van der Waals surface area contributed by atoms with Crippen molar-refractivity contribution in [2.45, 2.75) is 51.5 Å². The van der Waals surface area contributed by atoms with Crippen LogP contribution in [0.3, 0.4) is 0 Å². The average molecular weight is 357 g/mol. The van der Waals surface area contributed by atoms with Crippen molar-refractivity contribution in [1.82, 2.24) is 10.3 Å². The van der Waals surface area contributed by atoms with Crippen molar-refractivity contribution < 1.29 is 14.0 Å². The topological polar surface area (TPSA) is 71.1 Å². The Morgan fingerprint density at radius 2 is 2.04 bits per heavy atom. The monoisotopic (exact) mass is 357 g/mol. The van der Waals surface area contributed by atoms with E-state index >= 15 is 0 Å². The molecule has 0 radical (unpaired) electrons. The number of aryl methyl sites for hydroxylation is 1. The maximum Gasteiger partial charge on any atom is 0.255 e. The van der Waals surface area contributed by atoms with Gasteiger partial charge in [-0.2, -0.15) is 0 Å². The van der Waals surface area contributed by atoms with Gasteiger partial charge in [0.2, 0.25) is 0 Å². The van der Waals surface area contributed by atoms with Crippen LogP contribution in [0.25, 0.3) is 10.9 Å². The molecule has 1 aliphatic rings. The Kier molecular flexibility index (Phi) is 5.49. The predicted molar refractivity (Wildman–Crippen MR) is 100.0 cm³/mol. The number of carbonyl (C=O) groups excluding carboxylic acids is 2. The van der Waals surface area contributed by atoms with Gasteiger partial charge in [-0.05, 0) is 37.3 Å². The van der Waals surface area contributed by atoms with Crippen LogP contribution in [0, 0.1) is 5.82 Å². The van der Waals surface area contributed by atoms with Gasteiger partial charge < -0.3 is 10.6 Å². The molecule has 2 aromatic rings. The fourth-order valence-electron chi connectivity index (χ4n) is 3.06. The first kappa shape index (κ1) is 18.3. The van der Waals surface area contributed by atoms with E-state index in [4.69, 9.17) is 0 Å². The van der Waals surface area contributed by atoms with Crippen LogP contribution >= 0.6 is 0 Å². The van der Waals surface area contributed by atoms with Crippen LogP contribution in [-0.4, -0.2) is 29.8 Å². The molecule has 138 valence electrons. The van der Waals surface area contributed by atoms with E-state index in [1.165, 1.54) is 12.3 Å². The number of hydrogen-bond acceptors (Lipinski definition) is 4. The van der Waals surface area contributed by atoms with E-state index in [2.05, 4.69) is 15.6 Å². The summed E-state index contributed by atoms with van der Waals surface area (Å²) in [6.07, 6.45) is 5.47. The van der Waals surface area contributed by atoms with E-state index in [0.29, 0.717) is 47.0 Å². The van der Waals surface area contributed by atoms with Crippen LogP contribution in [0.1, 0.15) is 54.9 Å². The molecule has 2 N–H and O–H groups in total. The normalized spacial score (nSPS) is 13.7. The molecule has 0 aliphatic heterocycles. The Hall–Kier alpha value is -2.50. The highest BCUT2D eigenvalue weighted by atomic mass is 19.1. The van der Waals surface area contributed by atoms with Crippen molar-refractivity contribution in [3.05, 3.63) is 35.3 Å². The zero-order chi connectivity index (χ0) is 18.7. The van der Waals surface area contributed by atoms with Crippen LogP contribution in [0.15, 0.2) is 18.3 Å². The molecule has 0 spiro atoms. The van der Waals surface area contributed by atoms with Crippen molar-refractivity contribution in [2.75, 3.05) is 12.4 Å². The number of fused-ring (bicyclic) bond motifs is 1. The number of ketones is 1. The standard InChI is InChI=1S/C20H24FN3O2/c1-3-4-14(25)8-5-12-9-15-18(10-17(12)21)23-11-16(19(15)22-2)20(26)24-13-6-7-13/h9-11,13H,3-8H2,1-2H3,(H,22,23)(H,24,26). The van der Waals surface area contributed by atoms with E-state index in [9.17, 15) is 14.0 Å². The molecule has 26 heavy (non-hydrogen) atoms. The highest BCUT2D eigenvalue weighted by Crippen LogP contribution is 2.29. The van der Waals surface area contributed by atoms with Crippen molar-refractivity contribution in [3.63, 3.8) is 0 Å². The number of carbonyl (C=O) groups is 2. The molecular weight excluding hydrogens is 333 g/mol. The van der Waals surface area contributed by atoms with Crippen LogP contribution in [-0.2, 0) is 11.2 Å². The van der Waals surface area contributed by atoms with E-state index in [-0.39, 0.29) is 23.5 Å². The minimum absolute atomic E-state index is 0.136. The number of halogens is 1. The van der Waals surface area contributed by atoms with E-state index in [0.717, 1.165) is 19.3 Å². The summed E-state index contributed by atoms with van der Waals surface area (Å²) >= 11 is 0. The van der Waals surface area contributed by atoms with Crippen molar-refractivity contribution in [2.24, 2.45) is 0 Å². The minimum atomic E-state index is -0.369. The molecule has 1 fully saturated rings. The number of aromatic nitrogens is 1. The van der Waals surface area contributed by atoms with Gasteiger partial charge in [-0.3, -0.25) is 14.6 Å². The maximum absolute atomic E-state index is 14.4. The highest BCUT2D eigenvalue weighted by molar-refractivity contribution is 6.07. The second kappa shape index (κ2) is 7.81. The molecule has 0 atom stereocenters. The number of benzene rings is 1. The Morgan fingerprint density at radius 3 is 2.69 bits per heavy atom. The molecule has 1 aromatic heterocycles. The van der Waals surface area contributed by atoms with Crippen LogP contribution in [0.5, 0.6) is 0 Å². The third-order valence-electron chi connectivity index (χ3n) is 4.65. The van der Waals surface area contributed by atoms with Crippen LogP contribution in [0.2, 0.25) is 0 Å². The predicted octanol–water partition coefficient (Wildman–Crippen LogP) is 3.61. The third kappa shape index (κ3) is 4.00. The Labute approximate surface area is 152 Å². The summed E-state index contributed by atoms with van der Waals surface area (Å²) < 4.78 is 14.4. The van der Waals surface area contributed by atoms with E-state index < -0.39 is 0 Å². The summed E-state index contributed by atoms with van der Waals surface area (Å²) in [7, 11) is 1.73. The molecule has 1 aliphatic carbocycles. The van der Waals surface area contributed by atoms with Crippen LogP contribution < -0.4 is 10.6 Å². The Morgan fingerprint density at radius 1 is 1.27 bits per heavy atom. The molecule has 1 saturated carbocycles. The zero-order valence-electron chi connectivity index (χ0n) is 15.2. The van der Waals surface area contributed by atoms with Gasteiger partial charge in [0, 0.05) is 43.6 Å². The molecule has 0 unspecified atom stereocenters. The number of hydrogen-bond donors (Lipinski definition) is 2. The van der Waals surface area contributed by atoms with Gasteiger partial charge in [-0.25, -0.2) is 4.39 Å². The summed E-state index contributed by atoms with van der Waals surface area (Å²) in [5.74, 6) is -0.404. The van der Waals surface area contributed by atoms with E-state index in [1.54, 1.807) is 13.1 Å². The number of amides is 1. The number of pyridine rings is 1. The van der Waals surface area contributed by atoms with Gasteiger partial charge in [0.15, 0.2) is 0 Å². The van der Waals surface area contributed by atoms with Gasteiger partial charge in [0.05, 0.1) is 16.8 Å². The lowest BCUT2D eigenvalue weighted by molar-refractivity contribution is -0.119. The Bertz CT molecular complexity index is 847. The minimum Gasteiger partial charge on any atom is -0.387 e. The van der Waals surface area contributed by atoms with Gasteiger partial charge in [0.1, 0.15) is 11.6 Å². The van der Waals surface area contributed by atoms with Gasteiger partial charge in [-0.1, -0.05) is 6.92 Å². The highest BCUT2D eigenvalue weighted by Gasteiger charge is 2.25. The zero-order valence-corrected chi connectivity index (χ0v) is 15.2.